The number of hydrogen-bond acceptors (Lipinski definition) is 4. The van der Waals surface area contributed by atoms with E-state index in [9.17, 15) is 18.0 Å². The molecule has 0 aliphatic carbocycles. The molecule has 1 fully saturated rings. The molecule has 1 unspecified atom stereocenters. The lowest BCUT2D eigenvalue weighted by Crippen LogP contribution is -2.57. The Kier molecular flexibility index (Phi) is 7.28. The molecule has 0 radical (unpaired) electrons. The first kappa shape index (κ1) is 21.0. The molecule has 0 bridgehead atoms. The average molecular weight is 408 g/mol. The molecule has 1 saturated heterocycles. The number of alkyl halides is 3. The van der Waals surface area contributed by atoms with E-state index >= 15 is 0 Å². The maximum absolute atomic E-state index is 13.3. The summed E-state index contributed by atoms with van der Waals surface area (Å²) in [6.07, 6.45) is -4.27. The third kappa shape index (κ3) is 5.09. The molecule has 1 aliphatic rings. The highest BCUT2D eigenvalue weighted by molar-refractivity contribution is 7.17. The van der Waals surface area contributed by atoms with Crippen LogP contribution < -0.4 is 10.6 Å². The Hall–Kier alpha value is -1.35. The molecule has 1 amide bonds. The minimum atomic E-state index is -4.36. The van der Waals surface area contributed by atoms with Gasteiger partial charge >= 0.3 is 6.18 Å². The lowest BCUT2D eigenvalue weighted by molar-refractivity contribution is -0.184. The number of nitrogens with zero attached hydrogens (tertiary/aromatic N) is 1. The zero-order chi connectivity index (χ0) is 17.9. The summed E-state index contributed by atoms with van der Waals surface area (Å²) in [7, 11) is 0. The summed E-state index contributed by atoms with van der Waals surface area (Å²) in [6, 6.07) is 6.06. The number of carbonyl (C=O) groups is 1. The molecule has 1 atom stereocenters. The third-order valence-electron chi connectivity index (χ3n) is 4.37. The van der Waals surface area contributed by atoms with Gasteiger partial charge in [-0.25, -0.2) is 0 Å². The van der Waals surface area contributed by atoms with Crippen LogP contribution in [0.5, 0.6) is 0 Å². The second kappa shape index (κ2) is 9.03. The summed E-state index contributed by atoms with van der Waals surface area (Å²) in [4.78, 5) is 13.5. The van der Waals surface area contributed by atoms with Crippen molar-refractivity contribution in [2.75, 3.05) is 32.7 Å². The van der Waals surface area contributed by atoms with Crippen molar-refractivity contribution in [3.63, 3.8) is 0 Å². The second-order valence-corrected chi connectivity index (χ2v) is 6.99. The van der Waals surface area contributed by atoms with Crippen LogP contribution in [0.2, 0.25) is 0 Å². The van der Waals surface area contributed by atoms with Crippen LogP contribution in [0.25, 0.3) is 10.1 Å². The topological polar surface area (TPSA) is 44.4 Å². The van der Waals surface area contributed by atoms with Gasteiger partial charge in [0, 0.05) is 37.4 Å². The molecule has 1 aromatic carbocycles. The minimum absolute atomic E-state index is 0. The van der Waals surface area contributed by atoms with Gasteiger partial charge in [0.05, 0.1) is 6.42 Å². The summed E-state index contributed by atoms with van der Waals surface area (Å²) in [5.74, 6) is -0.382. The van der Waals surface area contributed by atoms with Crippen molar-refractivity contribution in [2.24, 2.45) is 0 Å². The molecule has 0 spiro atoms. The predicted octanol–water partition coefficient (Wildman–Crippen LogP) is 2.82. The molecule has 2 aromatic rings. The molecule has 0 saturated carbocycles. The van der Waals surface area contributed by atoms with Gasteiger partial charge < -0.3 is 10.6 Å². The molecule has 2 heterocycles. The zero-order valence-electron chi connectivity index (χ0n) is 14.0. The Labute approximate surface area is 160 Å². The Bertz CT molecular complexity index is 731. The maximum Gasteiger partial charge on any atom is 0.405 e. The molecular formula is C17H21ClF3N3OS. The van der Waals surface area contributed by atoms with Crippen molar-refractivity contribution < 1.29 is 18.0 Å². The van der Waals surface area contributed by atoms with E-state index < -0.39 is 18.8 Å². The molecule has 3 rings (SSSR count). The number of nitrogens with one attached hydrogen (secondary N) is 2. The van der Waals surface area contributed by atoms with Gasteiger partial charge in [0.2, 0.25) is 5.91 Å². The largest absolute Gasteiger partial charge is 0.405 e. The van der Waals surface area contributed by atoms with Crippen molar-refractivity contribution in [2.45, 2.75) is 18.6 Å². The molecular weight excluding hydrogens is 387 g/mol. The summed E-state index contributed by atoms with van der Waals surface area (Å²) < 4.78 is 41.1. The fourth-order valence-electron chi connectivity index (χ4n) is 3.06. The van der Waals surface area contributed by atoms with Gasteiger partial charge in [-0.15, -0.1) is 23.7 Å². The number of benzene rings is 1. The van der Waals surface area contributed by atoms with Gasteiger partial charge in [0.25, 0.3) is 0 Å². The number of hydrogen-bond donors (Lipinski definition) is 2. The van der Waals surface area contributed by atoms with E-state index in [1.54, 1.807) is 0 Å². The lowest BCUT2D eigenvalue weighted by atomic mass is 10.1. The van der Waals surface area contributed by atoms with Gasteiger partial charge in [-0.3, -0.25) is 9.69 Å². The van der Waals surface area contributed by atoms with Crippen molar-refractivity contribution in [1.29, 1.82) is 0 Å². The van der Waals surface area contributed by atoms with Crippen molar-refractivity contribution in [3.05, 3.63) is 35.2 Å². The average Bonchev–Trinajstić information content (AvgIpc) is 2.98. The number of piperazine rings is 1. The van der Waals surface area contributed by atoms with E-state index in [0.29, 0.717) is 26.2 Å². The molecule has 26 heavy (non-hydrogen) atoms. The van der Waals surface area contributed by atoms with Crippen LogP contribution in [0.3, 0.4) is 0 Å². The number of thiophene rings is 1. The summed E-state index contributed by atoms with van der Waals surface area (Å²) >= 11 is 1.53. The van der Waals surface area contributed by atoms with Crippen LogP contribution in [-0.2, 0) is 11.2 Å². The molecule has 2 N–H and O–H groups in total. The fourth-order valence-corrected chi connectivity index (χ4v) is 4.02. The van der Waals surface area contributed by atoms with E-state index in [0.717, 1.165) is 15.6 Å². The smallest absolute Gasteiger partial charge is 0.354 e. The Morgan fingerprint density at radius 1 is 1.27 bits per heavy atom. The monoisotopic (exact) mass is 407 g/mol. The molecule has 1 aliphatic heterocycles. The molecule has 1 aromatic heterocycles. The summed E-state index contributed by atoms with van der Waals surface area (Å²) in [5.41, 5.74) is 0.851. The van der Waals surface area contributed by atoms with Crippen LogP contribution in [0.15, 0.2) is 29.6 Å². The van der Waals surface area contributed by atoms with Crippen LogP contribution in [0.1, 0.15) is 5.56 Å². The van der Waals surface area contributed by atoms with Gasteiger partial charge in [-0.05, 0) is 22.4 Å². The van der Waals surface area contributed by atoms with Crippen molar-refractivity contribution in [3.8, 4) is 0 Å². The first-order valence-electron chi connectivity index (χ1n) is 8.18. The van der Waals surface area contributed by atoms with E-state index in [-0.39, 0.29) is 24.7 Å². The van der Waals surface area contributed by atoms with Gasteiger partial charge in [0.15, 0.2) is 0 Å². The van der Waals surface area contributed by atoms with E-state index in [4.69, 9.17) is 0 Å². The highest BCUT2D eigenvalue weighted by Crippen LogP contribution is 2.27. The first-order valence-corrected chi connectivity index (χ1v) is 9.06. The van der Waals surface area contributed by atoms with Gasteiger partial charge in [-0.1, -0.05) is 18.2 Å². The van der Waals surface area contributed by atoms with Crippen molar-refractivity contribution in [1.82, 2.24) is 15.5 Å². The highest BCUT2D eigenvalue weighted by Gasteiger charge is 2.43. The maximum atomic E-state index is 13.3. The van der Waals surface area contributed by atoms with Crippen LogP contribution in [0.4, 0.5) is 13.2 Å². The normalized spacial score (nSPS) is 16.9. The van der Waals surface area contributed by atoms with E-state index in [2.05, 4.69) is 10.6 Å². The SMILES string of the molecule is Cl.O=C(Cc1csc2ccccc12)NCC(N1CCNCC1)C(F)(F)F. The zero-order valence-corrected chi connectivity index (χ0v) is 15.6. The lowest BCUT2D eigenvalue weighted by Gasteiger charge is -2.35. The van der Waals surface area contributed by atoms with Crippen LogP contribution in [-0.4, -0.2) is 55.7 Å². The van der Waals surface area contributed by atoms with Crippen LogP contribution >= 0.6 is 23.7 Å². The summed E-state index contributed by atoms with van der Waals surface area (Å²) in [6.45, 7) is 1.30. The number of rotatable bonds is 5. The number of amides is 1. The Morgan fingerprint density at radius 2 is 1.96 bits per heavy atom. The molecule has 4 nitrogen and oxygen atoms in total. The third-order valence-corrected chi connectivity index (χ3v) is 5.39. The number of fused-ring (bicyclic) bond motifs is 1. The standard InChI is InChI=1S/C17H20F3N3OS.ClH/c18-17(19,20)15(23-7-5-21-6-8-23)10-22-16(24)9-12-11-25-14-4-2-1-3-13(12)14;/h1-4,11,15,21H,5-10H2,(H,22,24);1H. The Balaban J connectivity index is 0.00000243. The van der Waals surface area contributed by atoms with Gasteiger partial charge in [-0.2, -0.15) is 13.2 Å². The predicted molar refractivity (Wildman–Crippen MR) is 100 cm³/mol. The molecule has 144 valence electrons. The fraction of sp³-hybridized carbons (Fsp3) is 0.471. The number of carbonyl (C=O) groups excluding carboxylic acids is 1. The van der Waals surface area contributed by atoms with Gasteiger partial charge in [0.1, 0.15) is 6.04 Å². The number of halogens is 4. The van der Waals surface area contributed by atoms with Crippen molar-refractivity contribution >= 4 is 39.7 Å². The minimum Gasteiger partial charge on any atom is -0.354 e. The van der Waals surface area contributed by atoms with E-state index in [1.807, 2.05) is 29.6 Å². The van der Waals surface area contributed by atoms with E-state index in [1.165, 1.54) is 16.2 Å². The summed E-state index contributed by atoms with van der Waals surface area (Å²) in [5, 5.41) is 8.38. The quantitative estimate of drug-likeness (QED) is 0.801. The Morgan fingerprint density at radius 3 is 2.65 bits per heavy atom. The highest BCUT2D eigenvalue weighted by atomic mass is 35.5. The molecule has 9 heteroatoms. The first-order chi connectivity index (χ1) is 11.9. The second-order valence-electron chi connectivity index (χ2n) is 6.08. The van der Waals surface area contributed by atoms with Crippen LogP contribution in [0, 0.1) is 0 Å².